The molecule has 0 saturated carbocycles. The number of nitrogens with two attached hydrogens (primary N) is 1. The molecule has 0 aliphatic rings. The fourth-order valence-corrected chi connectivity index (χ4v) is 1.93. The predicted octanol–water partition coefficient (Wildman–Crippen LogP) is 1.76. The van der Waals surface area contributed by atoms with Crippen molar-refractivity contribution in [2.24, 2.45) is 17.6 Å². The summed E-state index contributed by atoms with van der Waals surface area (Å²) in [6.07, 6.45) is 1.90. The first kappa shape index (κ1) is 17.9. The van der Waals surface area contributed by atoms with Gasteiger partial charge in [0.1, 0.15) is 0 Å². The van der Waals surface area contributed by atoms with E-state index >= 15 is 0 Å². The minimum absolute atomic E-state index is 0.00710. The van der Waals surface area contributed by atoms with Crippen LogP contribution < -0.4 is 11.1 Å². The van der Waals surface area contributed by atoms with E-state index in [0.29, 0.717) is 25.3 Å². The molecule has 0 rings (SSSR count). The maximum atomic E-state index is 11.7. The zero-order valence-electron chi connectivity index (χ0n) is 12.5. The third-order valence-electron chi connectivity index (χ3n) is 2.85. The molecule has 19 heavy (non-hydrogen) atoms. The van der Waals surface area contributed by atoms with E-state index in [1.807, 2.05) is 27.7 Å². The first-order chi connectivity index (χ1) is 8.60. The molecule has 5 heteroatoms. The van der Waals surface area contributed by atoms with E-state index in [4.69, 9.17) is 10.8 Å². The van der Waals surface area contributed by atoms with E-state index < -0.39 is 5.97 Å². The second kappa shape index (κ2) is 8.15. The average molecular weight is 272 g/mol. The van der Waals surface area contributed by atoms with Gasteiger partial charge < -0.3 is 16.2 Å². The highest BCUT2D eigenvalue weighted by Gasteiger charge is 2.17. The van der Waals surface area contributed by atoms with Gasteiger partial charge in [0, 0.05) is 24.9 Å². The predicted molar refractivity (Wildman–Crippen MR) is 75.7 cm³/mol. The summed E-state index contributed by atoms with van der Waals surface area (Å²) < 4.78 is 0. The minimum atomic E-state index is -0.817. The molecule has 0 fully saturated rings. The number of amides is 1. The van der Waals surface area contributed by atoms with Crippen molar-refractivity contribution in [3.05, 3.63) is 0 Å². The van der Waals surface area contributed by atoms with Gasteiger partial charge in [-0.05, 0) is 38.5 Å². The maximum Gasteiger partial charge on any atom is 0.303 e. The van der Waals surface area contributed by atoms with Crippen LogP contribution in [0.4, 0.5) is 0 Å². The summed E-state index contributed by atoms with van der Waals surface area (Å²) in [6.45, 7) is 8.29. The fraction of sp³-hybridized carbons (Fsp3) is 0.857. The first-order valence-electron chi connectivity index (χ1n) is 6.87. The van der Waals surface area contributed by atoms with E-state index in [1.54, 1.807) is 0 Å². The molecule has 0 aliphatic heterocycles. The molecule has 5 nitrogen and oxygen atoms in total. The van der Waals surface area contributed by atoms with Crippen LogP contribution in [0.2, 0.25) is 0 Å². The second-order valence-corrected chi connectivity index (χ2v) is 6.39. The number of nitrogens with one attached hydrogen (secondary N) is 1. The lowest BCUT2D eigenvalue weighted by molar-refractivity contribution is -0.138. The number of aliphatic carboxylic acids is 1. The average Bonchev–Trinajstić information content (AvgIpc) is 2.20. The van der Waals surface area contributed by atoms with Crippen molar-refractivity contribution in [3.8, 4) is 0 Å². The monoisotopic (exact) mass is 272 g/mol. The molecule has 1 atom stereocenters. The number of carbonyl (C=O) groups excluding carboxylic acids is 1. The molecule has 1 unspecified atom stereocenters. The number of hydrogen-bond acceptors (Lipinski definition) is 3. The SMILES string of the molecule is CC(C)CC(CNC(=O)CCC(C)(C)N)CC(=O)O. The quantitative estimate of drug-likeness (QED) is 0.596. The van der Waals surface area contributed by atoms with Crippen LogP contribution in [0.1, 0.15) is 53.4 Å². The van der Waals surface area contributed by atoms with Gasteiger partial charge in [-0.25, -0.2) is 0 Å². The third-order valence-corrected chi connectivity index (χ3v) is 2.85. The van der Waals surface area contributed by atoms with Crippen molar-refractivity contribution in [2.75, 3.05) is 6.54 Å². The summed E-state index contributed by atoms with van der Waals surface area (Å²) in [5.74, 6) is -0.461. The molecule has 0 aromatic carbocycles. The lowest BCUT2D eigenvalue weighted by Crippen LogP contribution is -2.36. The second-order valence-electron chi connectivity index (χ2n) is 6.39. The first-order valence-corrected chi connectivity index (χ1v) is 6.87. The van der Waals surface area contributed by atoms with E-state index in [9.17, 15) is 9.59 Å². The van der Waals surface area contributed by atoms with E-state index in [-0.39, 0.29) is 23.8 Å². The maximum absolute atomic E-state index is 11.7. The molecule has 112 valence electrons. The molecule has 0 aliphatic carbocycles. The molecule has 0 bridgehead atoms. The van der Waals surface area contributed by atoms with Gasteiger partial charge in [0.25, 0.3) is 0 Å². The summed E-state index contributed by atoms with van der Waals surface area (Å²) in [5, 5.41) is 11.7. The van der Waals surface area contributed by atoms with Crippen molar-refractivity contribution in [2.45, 2.75) is 58.9 Å². The van der Waals surface area contributed by atoms with Gasteiger partial charge >= 0.3 is 5.97 Å². The van der Waals surface area contributed by atoms with Crippen molar-refractivity contribution >= 4 is 11.9 Å². The third kappa shape index (κ3) is 11.7. The van der Waals surface area contributed by atoms with Crippen LogP contribution in [0.25, 0.3) is 0 Å². The number of rotatable bonds is 9. The normalized spacial score (nSPS) is 13.4. The number of carboxylic acids is 1. The smallest absolute Gasteiger partial charge is 0.303 e. The van der Waals surface area contributed by atoms with Crippen LogP contribution in [0.5, 0.6) is 0 Å². The highest BCUT2D eigenvalue weighted by Crippen LogP contribution is 2.15. The van der Waals surface area contributed by atoms with Gasteiger partial charge in [-0.15, -0.1) is 0 Å². The van der Waals surface area contributed by atoms with Crippen molar-refractivity contribution < 1.29 is 14.7 Å². The van der Waals surface area contributed by atoms with E-state index in [0.717, 1.165) is 6.42 Å². The number of carboxylic acid groups (broad SMARTS) is 1. The molecule has 0 spiro atoms. The fourth-order valence-electron chi connectivity index (χ4n) is 1.93. The van der Waals surface area contributed by atoms with Crippen molar-refractivity contribution in [1.29, 1.82) is 0 Å². The lowest BCUT2D eigenvalue weighted by Gasteiger charge is -2.20. The van der Waals surface area contributed by atoms with Crippen molar-refractivity contribution in [3.63, 3.8) is 0 Å². The highest BCUT2D eigenvalue weighted by molar-refractivity contribution is 5.76. The summed E-state index contributed by atoms with van der Waals surface area (Å²) in [7, 11) is 0. The molecule has 0 saturated heterocycles. The van der Waals surface area contributed by atoms with Crippen LogP contribution in [-0.4, -0.2) is 29.1 Å². The summed E-state index contributed by atoms with van der Waals surface area (Å²) in [4.78, 5) is 22.4. The Morgan fingerprint density at radius 3 is 2.32 bits per heavy atom. The molecular weight excluding hydrogens is 244 g/mol. The molecule has 0 aromatic rings. The van der Waals surface area contributed by atoms with Gasteiger partial charge in [-0.2, -0.15) is 0 Å². The van der Waals surface area contributed by atoms with Gasteiger partial charge in [-0.3, -0.25) is 9.59 Å². The topological polar surface area (TPSA) is 92.4 Å². The van der Waals surface area contributed by atoms with Gasteiger partial charge in [-0.1, -0.05) is 13.8 Å². The molecule has 0 radical (unpaired) electrons. The lowest BCUT2D eigenvalue weighted by atomic mass is 9.94. The van der Waals surface area contributed by atoms with Crippen LogP contribution in [0.15, 0.2) is 0 Å². The Morgan fingerprint density at radius 1 is 1.32 bits per heavy atom. The summed E-state index contributed by atoms with van der Waals surface area (Å²) in [6, 6.07) is 0. The Morgan fingerprint density at radius 2 is 1.89 bits per heavy atom. The van der Waals surface area contributed by atoms with Gasteiger partial charge in [0.15, 0.2) is 0 Å². The molecular formula is C14H28N2O3. The Balaban J connectivity index is 4.08. The molecule has 0 heterocycles. The van der Waals surface area contributed by atoms with Crippen LogP contribution in [0.3, 0.4) is 0 Å². The summed E-state index contributed by atoms with van der Waals surface area (Å²) >= 11 is 0. The zero-order chi connectivity index (χ0) is 15.1. The van der Waals surface area contributed by atoms with Gasteiger partial charge in [0.05, 0.1) is 0 Å². The Labute approximate surface area is 115 Å². The molecule has 1 amide bonds. The van der Waals surface area contributed by atoms with Crippen molar-refractivity contribution in [1.82, 2.24) is 5.32 Å². The Kier molecular flexibility index (Phi) is 7.68. The minimum Gasteiger partial charge on any atom is -0.481 e. The molecule has 4 N–H and O–H groups in total. The zero-order valence-corrected chi connectivity index (χ0v) is 12.5. The summed E-state index contributed by atoms with van der Waals surface area (Å²) in [5.41, 5.74) is 5.46. The largest absolute Gasteiger partial charge is 0.481 e. The van der Waals surface area contributed by atoms with Crippen LogP contribution >= 0.6 is 0 Å². The standard InChI is InChI=1S/C14H28N2O3/c1-10(2)7-11(8-13(18)19)9-16-12(17)5-6-14(3,4)15/h10-11H,5-9,15H2,1-4H3,(H,16,17)(H,18,19). The van der Waals surface area contributed by atoms with Gasteiger partial charge in [0.2, 0.25) is 5.91 Å². The number of carbonyl (C=O) groups is 2. The highest BCUT2D eigenvalue weighted by atomic mass is 16.4. The molecule has 0 aromatic heterocycles. The Bertz CT molecular complexity index is 296. The van der Waals surface area contributed by atoms with E-state index in [2.05, 4.69) is 5.32 Å². The van der Waals surface area contributed by atoms with Crippen LogP contribution in [-0.2, 0) is 9.59 Å². The van der Waals surface area contributed by atoms with Crippen LogP contribution in [0, 0.1) is 11.8 Å². The van der Waals surface area contributed by atoms with E-state index in [1.165, 1.54) is 0 Å². The number of hydrogen-bond donors (Lipinski definition) is 3. The Hall–Kier alpha value is -1.10.